The number of fused-ring (bicyclic) bond motifs is 1. The maximum absolute atomic E-state index is 13.0. The molecule has 0 radical (unpaired) electrons. The van der Waals surface area contributed by atoms with Gasteiger partial charge in [0.15, 0.2) is 6.61 Å². The van der Waals surface area contributed by atoms with E-state index in [1.807, 2.05) is 0 Å². The largest absolute Gasteiger partial charge is 0.483 e. The molecular formula is C21H24N4O9. The first-order valence-corrected chi connectivity index (χ1v) is 10.5. The molecule has 0 aliphatic carbocycles. The Morgan fingerprint density at radius 2 is 1.88 bits per heavy atom. The van der Waals surface area contributed by atoms with Crippen LogP contribution in [0.2, 0.25) is 0 Å². The molecule has 1 unspecified atom stereocenters. The summed E-state index contributed by atoms with van der Waals surface area (Å²) in [6.07, 6.45) is 0.0440. The minimum Gasteiger partial charge on any atom is -0.483 e. The van der Waals surface area contributed by atoms with Crippen LogP contribution >= 0.6 is 0 Å². The van der Waals surface area contributed by atoms with E-state index in [1.54, 1.807) is 0 Å². The molecule has 1 atom stereocenters. The Kier molecular flexibility index (Phi) is 8.27. The van der Waals surface area contributed by atoms with Gasteiger partial charge < -0.3 is 25.2 Å². The van der Waals surface area contributed by atoms with Crippen molar-refractivity contribution >= 4 is 35.5 Å². The predicted octanol–water partition coefficient (Wildman–Crippen LogP) is -1.73. The summed E-state index contributed by atoms with van der Waals surface area (Å²) in [6, 6.07) is 3.27. The molecule has 1 aromatic rings. The van der Waals surface area contributed by atoms with Crippen LogP contribution < -0.4 is 20.7 Å². The van der Waals surface area contributed by atoms with Crippen molar-refractivity contribution in [3.8, 4) is 5.75 Å². The number of rotatable bonds is 12. The van der Waals surface area contributed by atoms with E-state index in [9.17, 15) is 28.8 Å². The van der Waals surface area contributed by atoms with Crippen molar-refractivity contribution in [2.75, 3.05) is 39.5 Å². The van der Waals surface area contributed by atoms with Gasteiger partial charge in [-0.05, 0) is 18.6 Å². The zero-order chi connectivity index (χ0) is 24.7. The molecule has 0 saturated carbocycles. The number of amides is 5. The van der Waals surface area contributed by atoms with Crippen molar-refractivity contribution < 1.29 is 43.3 Å². The monoisotopic (exact) mass is 476 g/mol. The third-order valence-corrected chi connectivity index (χ3v) is 5.06. The molecule has 0 bridgehead atoms. The van der Waals surface area contributed by atoms with E-state index in [0.29, 0.717) is 6.54 Å². The van der Waals surface area contributed by atoms with E-state index in [2.05, 4.69) is 16.0 Å². The summed E-state index contributed by atoms with van der Waals surface area (Å²) in [4.78, 5) is 72.5. The minimum absolute atomic E-state index is 0.00982. The average molecular weight is 476 g/mol. The highest BCUT2D eigenvalue weighted by atomic mass is 16.5. The van der Waals surface area contributed by atoms with Crippen LogP contribution in [0.5, 0.6) is 5.75 Å². The summed E-state index contributed by atoms with van der Waals surface area (Å²) >= 11 is 0. The lowest BCUT2D eigenvalue weighted by Crippen LogP contribution is -2.54. The van der Waals surface area contributed by atoms with Crippen molar-refractivity contribution in [2.45, 2.75) is 18.9 Å². The second-order valence-corrected chi connectivity index (χ2v) is 7.45. The van der Waals surface area contributed by atoms with Crippen molar-refractivity contribution in [3.63, 3.8) is 0 Å². The van der Waals surface area contributed by atoms with E-state index in [4.69, 9.17) is 14.6 Å². The number of aliphatic carboxylic acids is 1. The molecule has 13 nitrogen and oxygen atoms in total. The molecule has 0 spiro atoms. The predicted molar refractivity (Wildman–Crippen MR) is 113 cm³/mol. The van der Waals surface area contributed by atoms with E-state index in [0.717, 1.165) is 4.90 Å². The van der Waals surface area contributed by atoms with Crippen molar-refractivity contribution in [2.24, 2.45) is 0 Å². The van der Waals surface area contributed by atoms with Crippen LogP contribution in [-0.4, -0.2) is 91.0 Å². The zero-order valence-corrected chi connectivity index (χ0v) is 18.1. The molecular weight excluding hydrogens is 452 g/mol. The summed E-state index contributed by atoms with van der Waals surface area (Å²) < 4.78 is 10.7. The fourth-order valence-electron chi connectivity index (χ4n) is 3.50. The summed E-state index contributed by atoms with van der Waals surface area (Å²) in [5.74, 6) is -3.99. The summed E-state index contributed by atoms with van der Waals surface area (Å²) in [6.45, 7) is 0.432. The van der Waals surface area contributed by atoms with Gasteiger partial charge in [-0.1, -0.05) is 6.07 Å². The Labute approximate surface area is 193 Å². The lowest BCUT2D eigenvalue weighted by Gasteiger charge is -2.27. The van der Waals surface area contributed by atoms with Crippen molar-refractivity contribution in [3.05, 3.63) is 29.3 Å². The number of carbonyl (C=O) groups excluding carboxylic acids is 5. The Balaban J connectivity index is 1.49. The van der Waals surface area contributed by atoms with Gasteiger partial charge in [-0.2, -0.15) is 0 Å². The van der Waals surface area contributed by atoms with Gasteiger partial charge in [0.25, 0.3) is 17.7 Å². The van der Waals surface area contributed by atoms with Crippen molar-refractivity contribution in [1.82, 2.24) is 20.9 Å². The van der Waals surface area contributed by atoms with Gasteiger partial charge in [-0.25, -0.2) is 0 Å². The number of hydrogen-bond donors (Lipinski definition) is 4. The van der Waals surface area contributed by atoms with Gasteiger partial charge in [0.05, 0.1) is 30.9 Å². The number of benzene rings is 1. The molecule has 5 amide bonds. The van der Waals surface area contributed by atoms with Crippen molar-refractivity contribution in [1.29, 1.82) is 0 Å². The number of piperidine rings is 1. The standard InChI is InChI=1S/C21H24N4O9/c26-15-5-4-13(19(30)24-15)25-20(31)12-2-1-3-14(18(12)21(25)32)34-11-16(27)23-7-9-33-8-6-22-10-17(28)29/h1-3,13,22H,4-11H2,(H,23,27)(H,28,29)(H,24,26,30). The topological polar surface area (TPSA) is 180 Å². The number of carbonyl (C=O) groups is 6. The average Bonchev–Trinajstić information content (AvgIpc) is 3.05. The van der Waals surface area contributed by atoms with Crippen LogP contribution in [0.4, 0.5) is 0 Å². The van der Waals surface area contributed by atoms with Gasteiger partial charge in [0.2, 0.25) is 11.8 Å². The lowest BCUT2D eigenvalue weighted by molar-refractivity contribution is -0.137. The summed E-state index contributed by atoms with van der Waals surface area (Å²) in [7, 11) is 0. The molecule has 2 aliphatic rings. The third-order valence-electron chi connectivity index (χ3n) is 5.06. The van der Waals surface area contributed by atoms with E-state index in [1.165, 1.54) is 18.2 Å². The van der Waals surface area contributed by atoms with Crippen LogP contribution in [0.1, 0.15) is 33.6 Å². The van der Waals surface area contributed by atoms with Crippen LogP contribution in [0, 0.1) is 0 Å². The molecule has 2 heterocycles. The van der Waals surface area contributed by atoms with Gasteiger partial charge in [-0.15, -0.1) is 0 Å². The Morgan fingerprint density at radius 1 is 1.12 bits per heavy atom. The maximum atomic E-state index is 13.0. The van der Waals surface area contributed by atoms with Gasteiger partial charge in [0, 0.05) is 19.5 Å². The van der Waals surface area contributed by atoms with Crippen LogP contribution in [0.3, 0.4) is 0 Å². The zero-order valence-electron chi connectivity index (χ0n) is 18.1. The summed E-state index contributed by atoms with van der Waals surface area (Å²) in [5.41, 5.74) is 0.0136. The third kappa shape index (κ3) is 5.94. The van der Waals surface area contributed by atoms with Crippen LogP contribution in [0.15, 0.2) is 18.2 Å². The molecule has 3 rings (SSSR count). The molecule has 1 saturated heterocycles. The number of nitrogens with zero attached hydrogens (tertiary/aromatic N) is 1. The molecule has 1 fully saturated rings. The van der Waals surface area contributed by atoms with Gasteiger partial charge >= 0.3 is 5.97 Å². The number of ether oxygens (including phenoxy) is 2. The second kappa shape index (κ2) is 11.3. The summed E-state index contributed by atoms with van der Waals surface area (Å²) in [5, 5.41) is 15.8. The van der Waals surface area contributed by atoms with Crippen LogP contribution in [-0.2, 0) is 23.9 Å². The fourth-order valence-corrected chi connectivity index (χ4v) is 3.50. The molecule has 182 valence electrons. The quantitative estimate of drug-likeness (QED) is 0.200. The minimum atomic E-state index is -1.10. The van der Waals surface area contributed by atoms with Crippen LogP contribution in [0.25, 0.3) is 0 Å². The number of carboxylic acid groups (broad SMARTS) is 1. The van der Waals surface area contributed by atoms with E-state index < -0.39 is 48.2 Å². The number of hydrogen-bond acceptors (Lipinski definition) is 9. The van der Waals surface area contributed by atoms with E-state index >= 15 is 0 Å². The normalized spacial score (nSPS) is 17.4. The Hall–Kier alpha value is -3.84. The molecule has 4 N–H and O–H groups in total. The molecule has 2 aliphatic heterocycles. The highest BCUT2D eigenvalue weighted by Crippen LogP contribution is 2.33. The number of imide groups is 2. The first-order valence-electron chi connectivity index (χ1n) is 10.5. The lowest BCUT2D eigenvalue weighted by atomic mass is 10.0. The highest BCUT2D eigenvalue weighted by Gasteiger charge is 2.46. The van der Waals surface area contributed by atoms with Gasteiger partial charge in [-0.3, -0.25) is 39.0 Å². The highest BCUT2D eigenvalue weighted by molar-refractivity contribution is 6.24. The Morgan fingerprint density at radius 3 is 2.62 bits per heavy atom. The number of nitrogens with one attached hydrogen (secondary N) is 3. The smallest absolute Gasteiger partial charge is 0.317 e. The number of carboxylic acids is 1. The van der Waals surface area contributed by atoms with E-state index in [-0.39, 0.29) is 56.0 Å². The molecule has 34 heavy (non-hydrogen) atoms. The first kappa shape index (κ1) is 24.8. The second-order valence-electron chi connectivity index (χ2n) is 7.45. The fraction of sp³-hybridized carbons (Fsp3) is 0.429. The Bertz CT molecular complexity index is 1010. The SMILES string of the molecule is O=C(O)CNCCOCCNC(=O)COc1cccc2c1C(=O)N(C1CCC(=O)NC1=O)C2=O. The first-order chi connectivity index (χ1) is 16.3. The van der Waals surface area contributed by atoms with Gasteiger partial charge in [0.1, 0.15) is 11.8 Å². The maximum Gasteiger partial charge on any atom is 0.317 e. The molecule has 0 aromatic heterocycles. The molecule has 1 aromatic carbocycles. The molecule has 13 heteroatoms.